The molecule has 0 aliphatic carbocycles. The zero-order chi connectivity index (χ0) is 16.4. The Labute approximate surface area is 137 Å². The number of likely N-dealkylation sites (tertiary alicyclic amines) is 1. The number of nitrogens with zero attached hydrogens (tertiary/aromatic N) is 5. The zero-order valence-corrected chi connectivity index (χ0v) is 14.6. The van der Waals surface area contributed by atoms with Crippen LogP contribution in [0.25, 0.3) is 0 Å². The molecule has 0 saturated carbocycles. The Kier molecular flexibility index (Phi) is 4.80. The van der Waals surface area contributed by atoms with Crippen LogP contribution in [0.15, 0.2) is 16.9 Å². The number of rotatable bonds is 5. The smallest absolute Gasteiger partial charge is 0.249 e. The molecule has 0 aromatic carbocycles. The third-order valence-electron chi connectivity index (χ3n) is 4.78. The van der Waals surface area contributed by atoms with Crippen LogP contribution in [0.5, 0.6) is 0 Å². The van der Waals surface area contributed by atoms with E-state index in [-0.39, 0.29) is 6.04 Å². The van der Waals surface area contributed by atoms with Gasteiger partial charge in [-0.05, 0) is 45.8 Å². The van der Waals surface area contributed by atoms with Gasteiger partial charge in [0.15, 0.2) is 5.82 Å². The average molecular weight is 317 g/mol. The van der Waals surface area contributed by atoms with E-state index < -0.39 is 0 Å². The maximum absolute atomic E-state index is 5.53. The van der Waals surface area contributed by atoms with Crippen molar-refractivity contribution in [2.75, 3.05) is 20.1 Å². The minimum atomic E-state index is 0.0219. The van der Waals surface area contributed by atoms with Gasteiger partial charge in [0.1, 0.15) is 11.9 Å². The quantitative estimate of drug-likeness (QED) is 0.848. The Morgan fingerprint density at radius 3 is 2.70 bits per heavy atom. The Balaban J connectivity index is 1.67. The fourth-order valence-electron chi connectivity index (χ4n) is 3.26. The van der Waals surface area contributed by atoms with Gasteiger partial charge in [-0.25, -0.2) is 4.98 Å². The standard InChI is InChI=1S/C17H27N5O/c1-12(2)16-18-7-10-22(16)13(3)17-19-15(20-23-17)11-14-5-8-21(4)9-6-14/h7,10,12-14H,5-6,8-9,11H2,1-4H3/t13-/m0/s1. The number of piperidine rings is 1. The second-order valence-corrected chi connectivity index (χ2v) is 7.02. The largest absolute Gasteiger partial charge is 0.337 e. The van der Waals surface area contributed by atoms with Crippen molar-refractivity contribution < 1.29 is 4.52 Å². The van der Waals surface area contributed by atoms with Crippen LogP contribution in [0.1, 0.15) is 63.1 Å². The summed E-state index contributed by atoms with van der Waals surface area (Å²) in [6.07, 6.45) is 7.18. The van der Waals surface area contributed by atoms with Crippen LogP contribution in [-0.2, 0) is 6.42 Å². The van der Waals surface area contributed by atoms with Crippen LogP contribution in [0, 0.1) is 5.92 Å². The molecule has 6 heteroatoms. The van der Waals surface area contributed by atoms with Crippen LogP contribution in [-0.4, -0.2) is 44.7 Å². The molecule has 0 bridgehead atoms. The van der Waals surface area contributed by atoms with Gasteiger partial charge >= 0.3 is 0 Å². The first-order chi connectivity index (χ1) is 11.0. The molecule has 1 saturated heterocycles. The van der Waals surface area contributed by atoms with Crippen LogP contribution < -0.4 is 0 Å². The SMILES string of the molecule is CC(C)c1nccn1[C@@H](C)c1nc(CC2CCN(C)CC2)no1. The van der Waals surface area contributed by atoms with Crippen molar-refractivity contribution in [2.24, 2.45) is 5.92 Å². The summed E-state index contributed by atoms with van der Waals surface area (Å²) in [7, 11) is 2.18. The van der Waals surface area contributed by atoms with Gasteiger partial charge in [0.05, 0.1) is 0 Å². The third-order valence-corrected chi connectivity index (χ3v) is 4.78. The van der Waals surface area contributed by atoms with E-state index in [9.17, 15) is 0 Å². The van der Waals surface area contributed by atoms with Crippen LogP contribution in [0.2, 0.25) is 0 Å². The highest BCUT2D eigenvalue weighted by molar-refractivity contribution is 5.04. The second-order valence-electron chi connectivity index (χ2n) is 7.02. The molecule has 0 amide bonds. The van der Waals surface area contributed by atoms with E-state index in [1.54, 1.807) is 0 Å². The molecule has 0 N–H and O–H groups in total. The molecule has 126 valence electrons. The van der Waals surface area contributed by atoms with E-state index in [2.05, 4.69) is 52.4 Å². The maximum atomic E-state index is 5.53. The normalized spacial score (nSPS) is 18.7. The molecule has 6 nitrogen and oxygen atoms in total. The fraction of sp³-hybridized carbons (Fsp3) is 0.706. The van der Waals surface area contributed by atoms with Crippen molar-refractivity contribution >= 4 is 0 Å². The molecule has 3 heterocycles. The van der Waals surface area contributed by atoms with Gasteiger partial charge in [-0.15, -0.1) is 0 Å². The average Bonchev–Trinajstić information content (AvgIpc) is 3.18. The van der Waals surface area contributed by atoms with Crippen molar-refractivity contribution in [3.8, 4) is 0 Å². The number of hydrogen-bond donors (Lipinski definition) is 0. The van der Waals surface area contributed by atoms with Crippen LogP contribution >= 0.6 is 0 Å². The lowest BCUT2D eigenvalue weighted by atomic mass is 9.94. The minimum absolute atomic E-state index is 0.0219. The van der Waals surface area contributed by atoms with Crippen molar-refractivity contribution in [3.05, 3.63) is 29.9 Å². The Morgan fingerprint density at radius 2 is 2.00 bits per heavy atom. The van der Waals surface area contributed by atoms with E-state index in [4.69, 9.17) is 4.52 Å². The molecule has 1 aliphatic rings. The van der Waals surface area contributed by atoms with Gasteiger partial charge in [-0.3, -0.25) is 0 Å². The van der Waals surface area contributed by atoms with E-state index in [1.165, 1.54) is 25.9 Å². The first-order valence-corrected chi connectivity index (χ1v) is 8.58. The van der Waals surface area contributed by atoms with Gasteiger partial charge in [0.2, 0.25) is 5.89 Å². The lowest BCUT2D eigenvalue weighted by Crippen LogP contribution is -2.31. The molecule has 3 rings (SSSR count). The van der Waals surface area contributed by atoms with E-state index in [0.717, 1.165) is 18.1 Å². The van der Waals surface area contributed by atoms with Crippen molar-refractivity contribution in [2.45, 2.75) is 52.0 Å². The molecule has 2 aromatic heterocycles. The Bertz CT molecular complexity index is 624. The van der Waals surface area contributed by atoms with Crippen LogP contribution in [0.4, 0.5) is 0 Å². The van der Waals surface area contributed by atoms with E-state index in [0.29, 0.717) is 17.7 Å². The van der Waals surface area contributed by atoms with Gasteiger partial charge in [0.25, 0.3) is 0 Å². The predicted octanol–water partition coefficient (Wildman–Crippen LogP) is 2.88. The highest BCUT2D eigenvalue weighted by Crippen LogP contribution is 2.24. The summed E-state index contributed by atoms with van der Waals surface area (Å²) in [4.78, 5) is 11.5. The van der Waals surface area contributed by atoms with Gasteiger partial charge in [-0.1, -0.05) is 19.0 Å². The summed E-state index contributed by atoms with van der Waals surface area (Å²) in [6, 6.07) is 0.0219. The summed E-state index contributed by atoms with van der Waals surface area (Å²) in [5.74, 6) is 3.61. The summed E-state index contributed by atoms with van der Waals surface area (Å²) in [5.41, 5.74) is 0. The van der Waals surface area contributed by atoms with Gasteiger partial charge < -0.3 is 14.0 Å². The highest BCUT2D eigenvalue weighted by Gasteiger charge is 2.22. The van der Waals surface area contributed by atoms with Gasteiger partial charge in [-0.2, -0.15) is 4.98 Å². The molecule has 1 atom stereocenters. The second kappa shape index (κ2) is 6.83. The molecule has 0 unspecified atom stereocenters. The topological polar surface area (TPSA) is 60.0 Å². The lowest BCUT2D eigenvalue weighted by molar-refractivity contribution is 0.216. The van der Waals surface area contributed by atoms with Crippen molar-refractivity contribution in [1.82, 2.24) is 24.6 Å². The molecule has 1 aliphatic heterocycles. The summed E-state index contributed by atoms with van der Waals surface area (Å²) >= 11 is 0. The third kappa shape index (κ3) is 3.63. The summed E-state index contributed by atoms with van der Waals surface area (Å²) in [6.45, 7) is 8.70. The zero-order valence-electron chi connectivity index (χ0n) is 14.6. The van der Waals surface area contributed by atoms with Crippen molar-refractivity contribution in [1.29, 1.82) is 0 Å². The molecule has 0 radical (unpaired) electrons. The molecular formula is C17H27N5O. The van der Waals surface area contributed by atoms with E-state index in [1.807, 2.05) is 12.4 Å². The number of hydrogen-bond acceptors (Lipinski definition) is 5. The maximum Gasteiger partial charge on any atom is 0.249 e. The van der Waals surface area contributed by atoms with Crippen LogP contribution in [0.3, 0.4) is 0 Å². The highest BCUT2D eigenvalue weighted by atomic mass is 16.5. The Morgan fingerprint density at radius 1 is 1.26 bits per heavy atom. The summed E-state index contributed by atoms with van der Waals surface area (Å²) < 4.78 is 7.65. The molecule has 0 spiro atoms. The molecule has 1 fully saturated rings. The molecule has 23 heavy (non-hydrogen) atoms. The fourth-order valence-corrected chi connectivity index (χ4v) is 3.26. The minimum Gasteiger partial charge on any atom is -0.337 e. The number of aromatic nitrogens is 4. The molecular weight excluding hydrogens is 290 g/mol. The lowest BCUT2D eigenvalue weighted by Gasteiger charge is -2.28. The van der Waals surface area contributed by atoms with Crippen molar-refractivity contribution in [3.63, 3.8) is 0 Å². The summed E-state index contributed by atoms with van der Waals surface area (Å²) in [5, 5.41) is 4.20. The van der Waals surface area contributed by atoms with Gasteiger partial charge in [0, 0.05) is 24.7 Å². The first-order valence-electron chi connectivity index (χ1n) is 8.58. The van der Waals surface area contributed by atoms with E-state index >= 15 is 0 Å². The number of imidazole rings is 1. The predicted molar refractivity (Wildman–Crippen MR) is 88.4 cm³/mol. The molecule has 2 aromatic rings. The monoisotopic (exact) mass is 317 g/mol. The Hall–Kier alpha value is -1.69. The first kappa shape index (κ1) is 16.2.